The molecule has 0 bridgehead atoms. The van der Waals surface area contributed by atoms with Crippen molar-refractivity contribution in [2.45, 2.75) is 193 Å². The molecule has 328 valence electrons. The number of likely N-dealkylation sites (N-methyl/N-ethyl adjacent to an activating group) is 1. The van der Waals surface area contributed by atoms with Gasteiger partial charge in [-0.1, -0.05) is 152 Å². The zero-order valence-corrected chi connectivity index (χ0v) is 37.2. The molecular formula is C49H85NO7. The van der Waals surface area contributed by atoms with Crippen LogP contribution in [0.25, 0.3) is 0 Å². The molecule has 0 aliphatic carbocycles. The second-order valence-corrected chi connectivity index (χ2v) is 16.3. The van der Waals surface area contributed by atoms with Crippen molar-refractivity contribution >= 4 is 17.9 Å². The van der Waals surface area contributed by atoms with Crippen LogP contribution in [0.15, 0.2) is 60.8 Å². The molecule has 2 unspecified atom stereocenters. The Bertz CT molecular complexity index is 1120. The number of carbonyl (C=O) groups excluding carboxylic acids is 3. The standard InChI is InChI=1S/C49H85NO7/c1-6-8-10-12-14-16-18-19-20-21-22-23-24-25-26-27-28-30-31-33-35-37-39-47(51)56-44-45(43-55-42-41-46(49(53)54)50(3,4)5)57-48(52)40-38-36-34-32-29-17-15-13-11-9-7-2/h9,11,15,17,21-22,24-25,32,34,45-46H,6-8,10,12-14,16,18-20,23,26-31,33,35-44H2,1-5H3/b11-9+,17-15+,22-21+,25-24+,34-32+. The molecule has 0 aromatic carbocycles. The Labute approximate surface area is 349 Å². The third-order valence-corrected chi connectivity index (χ3v) is 9.89. The summed E-state index contributed by atoms with van der Waals surface area (Å²) in [4.78, 5) is 36.8. The minimum absolute atomic E-state index is 0.0157. The fourth-order valence-corrected chi connectivity index (χ4v) is 6.36. The average molecular weight is 800 g/mol. The highest BCUT2D eigenvalue weighted by atomic mass is 16.6. The SMILES string of the molecule is CC/C=C/C/C=C/C/C=C/CCCC(=O)OC(COCCC(C(=O)[O-])[N+](C)(C)C)COC(=O)CCCCCCCCC/C=C/C/C=C/CCCCCCCCCC. The van der Waals surface area contributed by atoms with Crippen LogP contribution in [0.4, 0.5) is 0 Å². The van der Waals surface area contributed by atoms with Crippen molar-refractivity contribution < 1.29 is 38.2 Å². The van der Waals surface area contributed by atoms with Gasteiger partial charge in [0.1, 0.15) is 12.6 Å². The van der Waals surface area contributed by atoms with E-state index < -0.39 is 18.1 Å². The van der Waals surface area contributed by atoms with Gasteiger partial charge in [0.25, 0.3) is 0 Å². The molecule has 0 N–H and O–H groups in total. The van der Waals surface area contributed by atoms with Crippen molar-refractivity contribution in [3.8, 4) is 0 Å². The molecule has 0 aliphatic rings. The number of allylic oxidation sites excluding steroid dienone is 10. The fraction of sp³-hybridized carbons (Fsp3) is 0.735. The first-order valence-electron chi connectivity index (χ1n) is 22.8. The molecule has 0 spiro atoms. The number of carbonyl (C=O) groups is 3. The molecule has 8 nitrogen and oxygen atoms in total. The number of unbranched alkanes of at least 4 members (excludes halogenated alkanes) is 16. The van der Waals surface area contributed by atoms with Crippen LogP contribution in [0.5, 0.6) is 0 Å². The Hall–Kier alpha value is -2.97. The van der Waals surface area contributed by atoms with Gasteiger partial charge in [-0.15, -0.1) is 0 Å². The van der Waals surface area contributed by atoms with E-state index in [9.17, 15) is 19.5 Å². The van der Waals surface area contributed by atoms with Gasteiger partial charge < -0.3 is 28.6 Å². The van der Waals surface area contributed by atoms with Gasteiger partial charge >= 0.3 is 11.9 Å². The Kier molecular flexibility index (Phi) is 37.8. The van der Waals surface area contributed by atoms with Crippen molar-refractivity contribution in [3.05, 3.63) is 60.8 Å². The molecule has 0 amide bonds. The summed E-state index contributed by atoms with van der Waals surface area (Å²) >= 11 is 0. The second-order valence-electron chi connectivity index (χ2n) is 16.3. The van der Waals surface area contributed by atoms with E-state index in [1.54, 1.807) is 21.1 Å². The van der Waals surface area contributed by atoms with E-state index in [1.807, 2.05) is 0 Å². The summed E-state index contributed by atoms with van der Waals surface area (Å²) in [7, 11) is 5.38. The van der Waals surface area contributed by atoms with Gasteiger partial charge in [-0.05, 0) is 70.6 Å². The number of quaternary nitrogens is 1. The van der Waals surface area contributed by atoms with Gasteiger partial charge in [0.05, 0.1) is 40.3 Å². The highest BCUT2D eigenvalue weighted by Crippen LogP contribution is 2.13. The van der Waals surface area contributed by atoms with E-state index in [1.165, 1.54) is 83.5 Å². The number of hydrogen-bond acceptors (Lipinski definition) is 7. The molecule has 0 aromatic heterocycles. The molecule has 0 saturated heterocycles. The number of hydrogen-bond donors (Lipinski definition) is 0. The summed E-state index contributed by atoms with van der Waals surface area (Å²) in [6.07, 6.45) is 48.4. The zero-order valence-electron chi connectivity index (χ0n) is 37.2. The maximum atomic E-state index is 12.6. The van der Waals surface area contributed by atoms with Crippen LogP contribution in [-0.2, 0) is 28.6 Å². The van der Waals surface area contributed by atoms with Crippen LogP contribution >= 0.6 is 0 Å². The van der Waals surface area contributed by atoms with E-state index >= 15 is 0 Å². The Morgan fingerprint density at radius 1 is 0.544 bits per heavy atom. The second kappa shape index (κ2) is 39.8. The lowest BCUT2D eigenvalue weighted by Gasteiger charge is -2.34. The van der Waals surface area contributed by atoms with Crippen LogP contribution in [0, 0.1) is 0 Å². The molecule has 0 rings (SSSR count). The molecule has 0 fully saturated rings. The highest BCUT2D eigenvalue weighted by Gasteiger charge is 2.25. The van der Waals surface area contributed by atoms with Gasteiger partial charge in [0.15, 0.2) is 6.10 Å². The fourth-order valence-electron chi connectivity index (χ4n) is 6.36. The Morgan fingerprint density at radius 2 is 1.00 bits per heavy atom. The molecule has 2 atom stereocenters. The zero-order chi connectivity index (χ0) is 42.1. The molecule has 0 aromatic rings. The van der Waals surface area contributed by atoms with Crippen LogP contribution in [0.3, 0.4) is 0 Å². The summed E-state index contributed by atoms with van der Waals surface area (Å²) in [5, 5.41) is 11.6. The molecule has 57 heavy (non-hydrogen) atoms. The van der Waals surface area contributed by atoms with Crippen molar-refractivity contribution in [1.82, 2.24) is 0 Å². The number of aliphatic carboxylic acids is 1. The summed E-state index contributed by atoms with van der Waals surface area (Å²) < 4.78 is 17.1. The number of carboxylic acids is 1. The number of nitrogens with zero attached hydrogens (tertiary/aromatic N) is 1. The van der Waals surface area contributed by atoms with Crippen LogP contribution < -0.4 is 5.11 Å². The van der Waals surface area contributed by atoms with Crippen molar-refractivity contribution in [3.63, 3.8) is 0 Å². The molecule has 0 radical (unpaired) electrons. The predicted molar refractivity (Wildman–Crippen MR) is 236 cm³/mol. The lowest BCUT2D eigenvalue weighted by Crippen LogP contribution is -2.55. The largest absolute Gasteiger partial charge is 0.544 e. The Balaban J connectivity index is 4.28. The summed E-state index contributed by atoms with van der Waals surface area (Å²) in [6.45, 7) is 4.47. The quantitative estimate of drug-likeness (QED) is 0.0263. The van der Waals surface area contributed by atoms with Gasteiger partial charge in [0, 0.05) is 19.3 Å². The average Bonchev–Trinajstić information content (AvgIpc) is 3.17. The minimum Gasteiger partial charge on any atom is -0.544 e. The van der Waals surface area contributed by atoms with Crippen LogP contribution in [0.2, 0.25) is 0 Å². The highest BCUT2D eigenvalue weighted by molar-refractivity contribution is 5.70. The monoisotopic (exact) mass is 800 g/mol. The van der Waals surface area contributed by atoms with E-state index in [2.05, 4.69) is 74.6 Å². The van der Waals surface area contributed by atoms with Crippen molar-refractivity contribution in [2.24, 2.45) is 0 Å². The maximum Gasteiger partial charge on any atom is 0.306 e. The smallest absolute Gasteiger partial charge is 0.306 e. The minimum atomic E-state index is -1.14. The van der Waals surface area contributed by atoms with Gasteiger partial charge in [-0.3, -0.25) is 9.59 Å². The van der Waals surface area contributed by atoms with E-state index in [-0.39, 0.29) is 49.1 Å². The third kappa shape index (κ3) is 38.3. The van der Waals surface area contributed by atoms with Crippen molar-refractivity contribution in [2.75, 3.05) is 41.0 Å². The van der Waals surface area contributed by atoms with E-state index in [4.69, 9.17) is 14.2 Å². The summed E-state index contributed by atoms with van der Waals surface area (Å²) in [5.41, 5.74) is 0. The molecule has 0 heterocycles. The first-order valence-corrected chi connectivity index (χ1v) is 22.8. The summed E-state index contributed by atoms with van der Waals surface area (Å²) in [5.74, 6) is -1.82. The van der Waals surface area contributed by atoms with E-state index in [0.717, 1.165) is 57.8 Å². The van der Waals surface area contributed by atoms with Gasteiger partial charge in [-0.2, -0.15) is 0 Å². The van der Waals surface area contributed by atoms with Crippen molar-refractivity contribution in [1.29, 1.82) is 0 Å². The lowest BCUT2D eigenvalue weighted by molar-refractivity contribution is -0.889. The predicted octanol–water partition coefficient (Wildman–Crippen LogP) is 11.2. The van der Waals surface area contributed by atoms with Gasteiger partial charge in [0.2, 0.25) is 0 Å². The van der Waals surface area contributed by atoms with Crippen LogP contribution in [-0.4, -0.2) is 75.5 Å². The number of carboxylic acid groups (broad SMARTS) is 1. The van der Waals surface area contributed by atoms with Crippen LogP contribution in [0.1, 0.15) is 181 Å². The molecule has 0 aliphatic heterocycles. The molecule has 8 heteroatoms. The lowest BCUT2D eigenvalue weighted by atomic mass is 10.1. The normalized spacial score (nSPS) is 13.5. The third-order valence-electron chi connectivity index (χ3n) is 9.89. The number of ether oxygens (including phenoxy) is 3. The number of rotatable bonds is 40. The maximum absolute atomic E-state index is 12.6. The topological polar surface area (TPSA) is 102 Å². The molecular weight excluding hydrogens is 715 g/mol. The number of esters is 2. The van der Waals surface area contributed by atoms with E-state index in [0.29, 0.717) is 12.8 Å². The first-order chi connectivity index (χ1) is 27.6. The molecule has 0 saturated carbocycles. The van der Waals surface area contributed by atoms with Gasteiger partial charge in [-0.25, -0.2) is 0 Å². The summed E-state index contributed by atoms with van der Waals surface area (Å²) in [6, 6.07) is -0.737. The first kappa shape index (κ1) is 54.0. The Morgan fingerprint density at radius 3 is 1.51 bits per heavy atom.